The van der Waals surface area contributed by atoms with Gasteiger partial charge >= 0.3 is 0 Å². The zero-order valence-corrected chi connectivity index (χ0v) is 8.13. The first kappa shape index (κ1) is 9.60. The monoisotopic (exact) mass is 175 g/mol. The normalized spacial score (nSPS) is 10.9. The van der Waals surface area contributed by atoms with Crippen molar-refractivity contribution in [3.8, 4) is 5.75 Å². The second-order valence-corrected chi connectivity index (χ2v) is 4.07. The number of phenols is 1. The maximum atomic E-state index is 9.44. The molecule has 0 bridgehead atoms. The van der Waals surface area contributed by atoms with Gasteiger partial charge in [-0.1, -0.05) is 32.9 Å². The first-order valence-electron chi connectivity index (χ1n) is 4.16. The SMILES string of the molecule is [C-]#[N+]c1ccc(C(C)(C)C)cc1O. The highest BCUT2D eigenvalue weighted by atomic mass is 16.3. The van der Waals surface area contributed by atoms with Gasteiger partial charge in [0.2, 0.25) is 5.69 Å². The molecule has 1 N–H and O–H groups in total. The van der Waals surface area contributed by atoms with E-state index < -0.39 is 0 Å². The third-order valence-electron chi connectivity index (χ3n) is 1.96. The summed E-state index contributed by atoms with van der Waals surface area (Å²) in [5, 5.41) is 9.44. The van der Waals surface area contributed by atoms with E-state index in [4.69, 9.17) is 6.57 Å². The average Bonchev–Trinajstić information content (AvgIpc) is 2.02. The van der Waals surface area contributed by atoms with Gasteiger partial charge in [0.1, 0.15) is 5.75 Å². The Morgan fingerprint density at radius 3 is 2.31 bits per heavy atom. The van der Waals surface area contributed by atoms with Crippen molar-refractivity contribution in [3.63, 3.8) is 0 Å². The molecule has 0 aromatic heterocycles. The van der Waals surface area contributed by atoms with Crippen LogP contribution in [0.2, 0.25) is 0 Å². The quantitative estimate of drug-likeness (QED) is 0.601. The molecule has 68 valence electrons. The van der Waals surface area contributed by atoms with Crippen molar-refractivity contribution >= 4 is 5.69 Å². The summed E-state index contributed by atoms with van der Waals surface area (Å²) in [5.74, 6) is 0.0717. The molecule has 1 rings (SSSR count). The van der Waals surface area contributed by atoms with Gasteiger partial charge in [-0.15, -0.1) is 0 Å². The minimum atomic E-state index is 0.0119. The number of rotatable bonds is 0. The number of aromatic hydroxyl groups is 1. The van der Waals surface area contributed by atoms with Gasteiger partial charge in [-0.2, -0.15) is 0 Å². The van der Waals surface area contributed by atoms with E-state index in [1.807, 2.05) is 6.07 Å². The minimum absolute atomic E-state index is 0.0119. The summed E-state index contributed by atoms with van der Waals surface area (Å²) in [7, 11) is 0. The third kappa shape index (κ3) is 2.00. The molecule has 0 saturated carbocycles. The Morgan fingerprint density at radius 1 is 1.31 bits per heavy atom. The molecule has 13 heavy (non-hydrogen) atoms. The fourth-order valence-corrected chi connectivity index (χ4v) is 1.08. The number of phenolic OH excluding ortho intramolecular Hbond substituents is 1. The van der Waals surface area contributed by atoms with Crippen LogP contribution in [0.3, 0.4) is 0 Å². The van der Waals surface area contributed by atoms with Gasteiger partial charge in [-0.25, -0.2) is 4.85 Å². The molecule has 2 nitrogen and oxygen atoms in total. The zero-order valence-electron chi connectivity index (χ0n) is 8.13. The first-order chi connectivity index (χ1) is 5.95. The summed E-state index contributed by atoms with van der Waals surface area (Å²) in [6.07, 6.45) is 0. The average molecular weight is 175 g/mol. The van der Waals surface area contributed by atoms with Crippen molar-refractivity contribution in [2.24, 2.45) is 0 Å². The molecule has 0 aliphatic heterocycles. The van der Waals surface area contributed by atoms with Crippen LogP contribution in [-0.2, 0) is 5.41 Å². The molecule has 0 amide bonds. The van der Waals surface area contributed by atoms with E-state index in [-0.39, 0.29) is 11.2 Å². The summed E-state index contributed by atoms with van der Waals surface area (Å²) in [6, 6.07) is 5.20. The first-order valence-corrected chi connectivity index (χ1v) is 4.16. The van der Waals surface area contributed by atoms with Crippen LogP contribution in [0, 0.1) is 6.57 Å². The molecule has 1 aromatic rings. The van der Waals surface area contributed by atoms with Crippen molar-refractivity contribution in [1.29, 1.82) is 0 Å². The molecule has 0 aliphatic carbocycles. The molecule has 0 fully saturated rings. The lowest BCUT2D eigenvalue weighted by molar-refractivity contribution is 0.474. The number of hydrogen-bond acceptors (Lipinski definition) is 1. The Balaban J connectivity index is 3.20. The molecule has 0 saturated heterocycles. The van der Waals surface area contributed by atoms with E-state index in [1.54, 1.807) is 12.1 Å². The minimum Gasteiger partial charge on any atom is -0.519 e. The van der Waals surface area contributed by atoms with Gasteiger partial charge in [0.25, 0.3) is 0 Å². The topological polar surface area (TPSA) is 24.6 Å². The summed E-state index contributed by atoms with van der Waals surface area (Å²) in [5.41, 5.74) is 1.36. The van der Waals surface area contributed by atoms with Crippen LogP contribution >= 0.6 is 0 Å². The molecule has 0 atom stereocenters. The van der Waals surface area contributed by atoms with Crippen molar-refractivity contribution in [1.82, 2.24) is 0 Å². The van der Waals surface area contributed by atoms with Gasteiger partial charge in [0.05, 0.1) is 6.57 Å². The zero-order chi connectivity index (χ0) is 10.1. The number of hydrogen-bond donors (Lipinski definition) is 1. The van der Waals surface area contributed by atoms with Crippen molar-refractivity contribution in [2.75, 3.05) is 0 Å². The molecular formula is C11H13NO. The fraction of sp³-hybridized carbons (Fsp3) is 0.364. The highest BCUT2D eigenvalue weighted by Gasteiger charge is 2.14. The molecule has 0 unspecified atom stereocenters. The largest absolute Gasteiger partial charge is 0.519 e. The molecule has 1 aromatic carbocycles. The van der Waals surface area contributed by atoms with E-state index in [0.29, 0.717) is 5.69 Å². The Kier molecular flexibility index (Phi) is 2.29. The van der Waals surface area contributed by atoms with Gasteiger partial charge in [0, 0.05) is 0 Å². The highest BCUT2D eigenvalue weighted by Crippen LogP contribution is 2.32. The second kappa shape index (κ2) is 3.10. The number of nitrogens with zero attached hydrogens (tertiary/aromatic N) is 1. The molecule has 2 heteroatoms. The second-order valence-electron chi connectivity index (χ2n) is 4.07. The summed E-state index contributed by atoms with van der Waals surface area (Å²) < 4.78 is 0. The maximum Gasteiger partial charge on any atom is 0.227 e. The molecule has 0 spiro atoms. The van der Waals surface area contributed by atoms with E-state index in [1.165, 1.54) is 0 Å². The Bertz CT molecular complexity index is 355. The van der Waals surface area contributed by atoms with Gasteiger partial charge < -0.3 is 5.11 Å². The Hall–Kier alpha value is -1.49. The third-order valence-corrected chi connectivity index (χ3v) is 1.96. The van der Waals surface area contributed by atoms with Crippen LogP contribution in [0.25, 0.3) is 4.85 Å². The van der Waals surface area contributed by atoms with Crippen molar-refractivity contribution < 1.29 is 5.11 Å². The fourth-order valence-electron chi connectivity index (χ4n) is 1.08. The van der Waals surface area contributed by atoms with E-state index in [0.717, 1.165) is 5.56 Å². The van der Waals surface area contributed by atoms with Gasteiger partial charge in [-0.3, -0.25) is 0 Å². The van der Waals surface area contributed by atoms with E-state index >= 15 is 0 Å². The van der Waals surface area contributed by atoms with Crippen LogP contribution < -0.4 is 0 Å². The summed E-state index contributed by atoms with van der Waals surface area (Å²) in [4.78, 5) is 3.19. The van der Waals surface area contributed by atoms with Crippen LogP contribution in [0.1, 0.15) is 26.3 Å². The van der Waals surface area contributed by atoms with Gasteiger partial charge in [0.15, 0.2) is 0 Å². The predicted octanol–water partition coefficient (Wildman–Crippen LogP) is 3.24. The Labute approximate surface area is 78.7 Å². The summed E-state index contributed by atoms with van der Waals surface area (Å²) >= 11 is 0. The van der Waals surface area contributed by atoms with Crippen LogP contribution in [-0.4, -0.2) is 5.11 Å². The molecular weight excluding hydrogens is 162 g/mol. The lowest BCUT2D eigenvalue weighted by Crippen LogP contribution is -2.10. The molecule has 0 aliphatic rings. The standard InChI is InChI=1S/C11H13NO/c1-11(2,3)8-5-6-9(12-4)10(13)7-8/h5-7,13H,1-3H3. The van der Waals surface area contributed by atoms with Crippen molar-refractivity contribution in [2.45, 2.75) is 26.2 Å². The van der Waals surface area contributed by atoms with Gasteiger partial charge in [-0.05, 0) is 17.0 Å². The Morgan fingerprint density at radius 2 is 1.92 bits per heavy atom. The maximum absolute atomic E-state index is 9.44. The van der Waals surface area contributed by atoms with E-state index in [9.17, 15) is 5.11 Å². The van der Waals surface area contributed by atoms with Crippen molar-refractivity contribution in [3.05, 3.63) is 35.2 Å². The predicted molar refractivity (Wildman–Crippen MR) is 53.1 cm³/mol. The van der Waals surface area contributed by atoms with E-state index in [2.05, 4.69) is 25.6 Å². The smallest absolute Gasteiger partial charge is 0.227 e. The highest BCUT2D eigenvalue weighted by molar-refractivity contribution is 5.58. The number of benzene rings is 1. The van der Waals surface area contributed by atoms with Crippen LogP contribution in [0.4, 0.5) is 5.69 Å². The van der Waals surface area contributed by atoms with Crippen LogP contribution in [0.5, 0.6) is 5.75 Å². The van der Waals surface area contributed by atoms with Crippen LogP contribution in [0.15, 0.2) is 18.2 Å². The molecule has 0 heterocycles. The lowest BCUT2D eigenvalue weighted by Gasteiger charge is -2.19. The summed E-state index contributed by atoms with van der Waals surface area (Å²) in [6.45, 7) is 13.0. The lowest BCUT2D eigenvalue weighted by atomic mass is 9.87. The molecule has 0 radical (unpaired) electrons.